The molecule has 0 saturated carbocycles. The van der Waals surface area contributed by atoms with Crippen molar-refractivity contribution in [3.8, 4) is 5.75 Å². The Hall–Kier alpha value is -2.36. The number of rotatable bonds is 5. The van der Waals surface area contributed by atoms with E-state index in [0.717, 1.165) is 5.56 Å². The van der Waals surface area contributed by atoms with Crippen LogP contribution in [0.4, 0.5) is 4.39 Å². The number of benzene rings is 2. The third-order valence-corrected chi connectivity index (χ3v) is 3.76. The number of hydrogen-bond donors (Lipinski definition) is 3. The van der Waals surface area contributed by atoms with Crippen LogP contribution in [0.1, 0.15) is 21.5 Å². The molecule has 0 aromatic heterocycles. The minimum atomic E-state index is -0.653. The Kier molecular flexibility index (Phi) is 8.99. The number of guanidine groups is 1. The van der Waals surface area contributed by atoms with Crippen LogP contribution in [0.15, 0.2) is 47.5 Å². The third-order valence-electron chi connectivity index (χ3n) is 3.76. The number of carbonyl (C=O) groups is 1. The summed E-state index contributed by atoms with van der Waals surface area (Å²) in [4.78, 5) is 17.5. The lowest BCUT2D eigenvalue weighted by Gasteiger charge is -2.13. The van der Waals surface area contributed by atoms with E-state index in [1.807, 2.05) is 12.1 Å². The zero-order valence-corrected chi connectivity index (χ0v) is 17.8. The molecular formula is C19H24FIN4O2. The molecule has 0 radical (unpaired) electrons. The van der Waals surface area contributed by atoms with Crippen molar-refractivity contribution in [3.05, 3.63) is 65.0 Å². The Morgan fingerprint density at radius 1 is 1.07 bits per heavy atom. The van der Waals surface area contributed by atoms with Crippen LogP contribution >= 0.6 is 24.0 Å². The van der Waals surface area contributed by atoms with Gasteiger partial charge in [-0.1, -0.05) is 18.2 Å². The van der Waals surface area contributed by atoms with Gasteiger partial charge in [-0.25, -0.2) is 4.39 Å². The molecule has 0 aliphatic heterocycles. The molecule has 27 heavy (non-hydrogen) atoms. The smallest absolute Gasteiger partial charge is 0.253 e. The van der Waals surface area contributed by atoms with Crippen LogP contribution in [0.2, 0.25) is 0 Å². The van der Waals surface area contributed by atoms with Crippen LogP contribution in [0.25, 0.3) is 0 Å². The number of carbonyl (C=O) groups excluding carboxylic acids is 1. The Bertz CT molecular complexity index is 795. The number of aliphatic imine (C=N–C) groups is 1. The van der Waals surface area contributed by atoms with Crippen LogP contribution in [0, 0.1) is 5.82 Å². The maximum Gasteiger partial charge on any atom is 0.253 e. The van der Waals surface area contributed by atoms with Gasteiger partial charge in [0.1, 0.15) is 0 Å². The van der Waals surface area contributed by atoms with E-state index in [2.05, 4.69) is 15.6 Å². The lowest BCUT2D eigenvalue weighted by atomic mass is 10.1. The minimum absolute atomic E-state index is 0. The molecule has 0 aliphatic rings. The summed E-state index contributed by atoms with van der Waals surface area (Å²) in [6.45, 7) is 0.896. The predicted molar refractivity (Wildman–Crippen MR) is 115 cm³/mol. The summed E-state index contributed by atoms with van der Waals surface area (Å²) < 4.78 is 13.3. The van der Waals surface area contributed by atoms with Crippen molar-refractivity contribution in [1.29, 1.82) is 0 Å². The standard InChI is InChI=1S/C19H23FN4O2.HI/c1-21-19(23-12-14-6-9-17(25)16(20)10-14)22-11-13-4-7-15(8-5-13)18(26)24(2)3;/h4-10,25H,11-12H2,1-3H3,(H2,21,22,23);1H. The second-order valence-electron chi connectivity index (χ2n) is 5.96. The summed E-state index contributed by atoms with van der Waals surface area (Å²) in [5, 5.41) is 15.4. The molecule has 0 spiro atoms. The maximum atomic E-state index is 13.3. The average Bonchev–Trinajstić information content (AvgIpc) is 2.64. The number of nitrogens with zero attached hydrogens (tertiary/aromatic N) is 2. The zero-order chi connectivity index (χ0) is 19.1. The Labute approximate surface area is 175 Å². The van der Waals surface area contributed by atoms with Crippen molar-refractivity contribution < 1.29 is 14.3 Å². The first-order chi connectivity index (χ1) is 12.4. The highest BCUT2D eigenvalue weighted by Crippen LogP contribution is 2.15. The van der Waals surface area contributed by atoms with Crippen LogP contribution in [0.3, 0.4) is 0 Å². The first-order valence-corrected chi connectivity index (χ1v) is 8.13. The third kappa shape index (κ3) is 6.70. The highest BCUT2D eigenvalue weighted by molar-refractivity contribution is 14.0. The molecule has 2 aromatic carbocycles. The number of hydrogen-bond acceptors (Lipinski definition) is 3. The first-order valence-electron chi connectivity index (χ1n) is 8.13. The molecule has 6 nitrogen and oxygen atoms in total. The van der Waals surface area contributed by atoms with E-state index in [0.29, 0.717) is 30.2 Å². The monoisotopic (exact) mass is 486 g/mol. The topological polar surface area (TPSA) is 77.0 Å². The van der Waals surface area contributed by atoms with Crippen molar-refractivity contribution in [1.82, 2.24) is 15.5 Å². The van der Waals surface area contributed by atoms with Crippen LogP contribution < -0.4 is 10.6 Å². The predicted octanol–water partition coefficient (Wildman–Crippen LogP) is 2.72. The normalized spacial score (nSPS) is 10.7. The quantitative estimate of drug-likeness (QED) is 0.345. The molecule has 0 unspecified atom stereocenters. The molecule has 8 heteroatoms. The van der Waals surface area contributed by atoms with Gasteiger partial charge in [0, 0.05) is 39.8 Å². The molecule has 0 aliphatic carbocycles. The molecule has 0 bridgehead atoms. The summed E-state index contributed by atoms with van der Waals surface area (Å²) >= 11 is 0. The van der Waals surface area contributed by atoms with Crippen molar-refractivity contribution >= 4 is 35.8 Å². The first kappa shape index (κ1) is 22.7. The van der Waals surface area contributed by atoms with E-state index in [1.54, 1.807) is 39.3 Å². The largest absolute Gasteiger partial charge is 0.505 e. The lowest BCUT2D eigenvalue weighted by molar-refractivity contribution is 0.0827. The van der Waals surface area contributed by atoms with Crippen molar-refractivity contribution in [2.45, 2.75) is 13.1 Å². The van der Waals surface area contributed by atoms with Gasteiger partial charge in [-0.05, 0) is 35.4 Å². The van der Waals surface area contributed by atoms with Gasteiger partial charge in [0.2, 0.25) is 0 Å². The second-order valence-corrected chi connectivity index (χ2v) is 5.96. The second kappa shape index (κ2) is 10.7. The number of aromatic hydroxyl groups is 1. The van der Waals surface area contributed by atoms with Gasteiger partial charge in [0.05, 0.1) is 0 Å². The molecular weight excluding hydrogens is 462 g/mol. The van der Waals surface area contributed by atoms with E-state index in [4.69, 9.17) is 0 Å². The van der Waals surface area contributed by atoms with Crippen molar-refractivity contribution in [2.75, 3.05) is 21.1 Å². The van der Waals surface area contributed by atoms with Crippen molar-refractivity contribution in [3.63, 3.8) is 0 Å². The van der Waals surface area contributed by atoms with Gasteiger partial charge >= 0.3 is 0 Å². The molecule has 0 saturated heterocycles. The van der Waals surface area contributed by atoms with Gasteiger partial charge in [-0.15, -0.1) is 24.0 Å². The summed E-state index contributed by atoms with van der Waals surface area (Å²) in [7, 11) is 5.08. The molecule has 2 rings (SSSR count). The molecule has 0 heterocycles. The maximum absolute atomic E-state index is 13.3. The van der Waals surface area contributed by atoms with E-state index in [-0.39, 0.29) is 35.6 Å². The van der Waals surface area contributed by atoms with Gasteiger partial charge in [-0.2, -0.15) is 0 Å². The van der Waals surface area contributed by atoms with E-state index < -0.39 is 5.82 Å². The minimum Gasteiger partial charge on any atom is -0.505 e. The number of phenolic OH excluding ortho intramolecular Hbond substituents is 1. The highest BCUT2D eigenvalue weighted by atomic mass is 127. The zero-order valence-electron chi connectivity index (χ0n) is 15.5. The number of halogens is 2. The summed E-state index contributed by atoms with van der Waals surface area (Å²) in [6.07, 6.45) is 0. The number of nitrogens with one attached hydrogen (secondary N) is 2. The average molecular weight is 486 g/mol. The molecule has 0 fully saturated rings. The summed E-state index contributed by atoms with van der Waals surface area (Å²) in [6, 6.07) is 11.6. The van der Waals surface area contributed by atoms with Gasteiger partial charge in [0.25, 0.3) is 5.91 Å². The van der Waals surface area contributed by atoms with Gasteiger partial charge < -0.3 is 20.6 Å². The highest BCUT2D eigenvalue weighted by Gasteiger charge is 2.07. The summed E-state index contributed by atoms with van der Waals surface area (Å²) in [5.74, 6) is -0.498. The van der Waals surface area contributed by atoms with E-state index >= 15 is 0 Å². The Morgan fingerprint density at radius 3 is 2.15 bits per heavy atom. The fourth-order valence-electron chi connectivity index (χ4n) is 2.28. The van der Waals surface area contributed by atoms with Crippen molar-refractivity contribution in [2.24, 2.45) is 4.99 Å². The van der Waals surface area contributed by atoms with Crippen LogP contribution in [-0.2, 0) is 13.1 Å². The van der Waals surface area contributed by atoms with Crippen LogP contribution in [0.5, 0.6) is 5.75 Å². The van der Waals surface area contributed by atoms with E-state index in [1.165, 1.54) is 17.0 Å². The molecule has 0 atom stereocenters. The molecule has 1 amide bonds. The number of amides is 1. The van der Waals surface area contributed by atoms with Gasteiger partial charge in [0.15, 0.2) is 17.5 Å². The Morgan fingerprint density at radius 2 is 1.63 bits per heavy atom. The van der Waals surface area contributed by atoms with Gasteiger partial charge in [-0.3, -0.25) is 9.79 Å². The SMILES string of the molecule is CN=C(NCc1ccc(C(=O)N(C)C)cc1)NCc1ccc(O)c(F)c1.I. The number of phenols is 1. The fourth-order valence-corrected chi connectivity index (χ4v) is 2.28. The molecule has 2 aromatic rings. The van der Waals surface area contributed by atoms with Crippen LogP contribution in [-0.4, -0.2) is 43.0 Å². The Balaban J connectivity index is 0.00000364. The molecule has 146 valence electrons. The molecule has 3 N–H and O–H groups in total. The lowest BCUT2D eigenvalue weighted by Crippen LogP contribution is -2.36. The van der Waals surface area contributed by atoms with E-state index in [9.17, 15) is 14.3 Å². The fraction of sp³-hybridized carbons (Fsp3) is 0.263. The summed E-state index contributed by atoms with van der Waals surface area (Å²) in [5.41, 5.74) is 2.32.